The van der Waals surface area contributed by atoms with Crippen LogP contribution in [0, 0.1) is 0 Å². The van der Waals surface area contributed by atoms with Gasteiger partial charge in [0.2, 0.25) is 10.9 Å². The zero-order valence-electron chi connectivity index (χ0n) is 17.3. The Morgan fingerprint density at radius 3 is 2.06 bits per heavy atom. The van der Waals surface area contributed by atoms with Gasteiger partial charge in [0.05, 0.1) is 22.3 Å². The molecule has 1 atom stereocenters. The molecule has 0 saturated carbocycles. The molecule has 0 fully saturated rings. The van der Waals surface area contributed by atoms with Crippen molar-refractivity contribution < 1.29 is 8.42 Å². The number of nitrogens with one attached hydrogen (secondary N) is 1. The summed E-state index contributed by atoms with van der Waals surface area (Å²) in [6.07, 6.45) is 7.12. The van der Waals surface area contributed by atoms with E-state index in [2.05, 4.69) is 14.7 Å². The Balaban J connectivity index is 1.91. The first-order chi connectivity index (χ1) is 16.0. The monoisotopic (exact) mass is 498 g/mol. The number of pyridine rings is 3. The van der Waals surface area contributed by atoms with Crippen molar-refractivity contribution in [3.63, 3.8) is 0 Å². The molecule has 1 aromatic carbocycles. The quantitative estimate of drug-likeness (QED) is 0.342. The summed E-state index contributed by atoms with van der Waals surface area (Å²) in [5, 5.41) is 0.903. The van der Waals surface area contributed by atoms with Crippen molar-refractivity contribution in [3.05, 3.63) is 124 Å². The molecule has 4 rings (SSSR count). The smallest absolute Gasteiger partial charge is 0.201 e. The van der Waals surface area contributed by atoms with Gasteiger partial charge in [0.15, 0.2) is 0 Å². The van der Waals surface area contributed by atoms with E-state index in [1.165, 1.54) is 0 Å². The van der Waals surface area contributed by atoms with E-state index in [0.717, 1.165) is 22.4 Å². The first-order valence-corrected chi connectivity index (χ1v) is 12.0. The first kappa shape index (κ1) is 23.3. The van der Waals surface area contributed by atoms with Gasteiger partial charge >= 0.3 is 0 Å². The highest BCUT2D eigenvalue weighted by molar-refractivity contribution is 7.70. The molecule has 0 spiro atoms. The van der Waals surface area contributed by atoms with E-state index in [1.54, 1.807) is 24.5 Å². The van der Waals surface area contributed by atoms with Gasteiger partial charge in [-0.15, -0.1) is 0 Å². The van der Waals surface area contributed by atoms with Crippen LogP contribution < -0.4 is 4.72 Å². The first-order valence-electron chi connectivity index (χ1n) is 10.1. The van der Waals surface area contributed by atoms with Crippen molar-refractivity contribution in [2.45, 2.75) is 18.4 Å². The Labute approximate surface area is 203 Å². The zero-order chi connectivity index (χ0) is 23.2. The van der Waals surface area contributed by atoms with Crippen molar-refractivity contribution in [1.29, 1.82) is 0 Å². The molecule has 4 aromatic rings. The Hall–Kier alpha value is -2.84. The van der Waals surface area contributed by atoms with Crippen LogP contribution in [0.3, 0.4) is 0 Å². The summed E-state index contributed by atoms with van der Waals surface area (Å²) >= 11 is 12.6. The summed E-state index contributed by atoms with van der Waals surface area (Å²) in [6, 6.07) is 18.9. The molecule has 168 valence electrons. The van der Waals surface area contributed by atoms with E-state index in [9.17, 15) is 8.42 Å². The van der Waals surface area contributed by atoms with Crippen LogP contribution in [-0.2, 0) is 17.4 Å². The number of hydrogen-bond acceptors (Lipinski definition) is 5. The second-order valence-electron chi connectivity index (χ2n) is 7.35. The fraction of sp³-hybridized carbons (Fsp3) is 0.125. The second kappa shape index (κ2) is 10.9. The number of aromatic nitrogens is 3. The Kier molecular flexibility index (Phi) is 7.67. The van der Waals surface area contributed by atoms with E-state index in [-0.39, 0.29) is 18.4 Å². The summed E-state index contributed by atoms with van der Waals surface area (Å²) in [6.45, 7) is 0.102. The molecule has 3 heterocycles. The summed E-state index contributed by atoms with van der Waals surface area (Å²) < 4.78 is 24.4. The van der Waals surface area contributed by atoms with Gasteiger partial charge in [-0.1, -0.05) is 47.5 Å². The van der Waals surface area contributed by atoms with Gasteiger partial charge in [-0.05, 0) is 53.1 Å². The molecule has 0 radical (unpaired) electrons. The minimum atomic E-state index is -2.72. The van der Waals surface area contributed by atoms with Gasteiger partial charge in [0.1, 0.15) is 0 Å². The number of benzene rings is 1. The van der Waals surface area contributed by atoms with Crippen molar-refractivity contribution in [3.8, 4) is 0 Å². The maximum absolute atomic E-state index is 11.0. The third kappa shape index (κ3) is 5.75. The summed E-state index contributed by atoms with van der Waals surface area (Å²) in [5.41, 5.74) is 4.23. The predicted molar refractivity (Wildman–Crippen MR) is 130 cm³/mol. The fourth-order valence-corrected chi connectivity index (χ4v) is 4.45. The molecule has 1 unspecified atom stereocenters. The summed E-state index contributed by atoms with van der Waals surface area (Å²) in [4.78, 5) is 13.5. The lowest BCUT2D eigenvalue weighted by atomic mass is 9.76. The molecular formula is C24H20Cl2N4O2S. The maximum Gasteiger partial charge on any atom is 0.201 e. The van der Waals surface area contributed by atoms with E-state index in [4.69, 9.17) is 28.2 Å². The highest BCUT2D eigenvalue weighted by Gasteiger charge is 2.30. The van der Waals surface area contributed by atoms with Gasteiger partial charge in [-0.25, -0.2) is 13.1 Å². The highest BCUT2D eigenvalue weighted by atomic mass is 35.5. The largest absolute Gasteiger partial charge is 0.264 e. The van der Waals surface area contributed by atoms with E-state index >= 15 is 0 Å². The van der Waals surface area contributed by atoms with E-state index < -0.39 is 10.9 Å². The van der Waals surface area contributed by atoms with Crippen molar-refractivity contribution >= 4 is 34.1 Å². The van der Waals surface area contributed by atoms with Gasteiger partial charge in [-0.3, -0.25) is 15.0 Å². The average molecular weight is 499 g/mol. The number of halogens is 2. The molecule has 0 aliphatic rings. The molecule has 0 amide bonds. The van der Waals surface area contributed by atoms with Gasteiger partial charge in [0.25, 0.3) is 0 Å². The molecule has 0 aliphatic heterocycles. The van der Waals surface area contributed by atoms with E-state index in [1.807, 2.05) is 60.9 Å². The lowest BCUT2D eigenvalue weighted by Crippen LogP contribution is -2.18. The molecule has 3 aromatic heterocycles. The summed E-state index contributed by atoms with van der Waals surface area (Å²) in [7, 11) is -2.72. The van der Waals surface area contributed by atoms with Crippen LogP contribution in [0.1, 0.15) is 39.9 Å². The zero-order valence-corrected chi connectivity index (χ0v) is 19.7. The fourth-order valence-electron chi connectivity index (χ4n) is 3.85. The number of thiol groups is 1. The second-order valence-corrected chi connectivity index (χ2v) is 8.99. The van der Waals surface area contributed by atoms with Crippen LogP contribution in [0.2, 0.25) is 10.0 Å². The third-order valence-electron chi connectivity index (χ3n) is 5.26. The molecule has 9 heteroatoms. The minimum absolute atomic E-state index is 0.102. The standard InChI is InChI=1S/C24H20Cl2N4O2S/c25-20-9-8-16(12-21(20)26)24(22-7-1-6-19(30-22)15-29-33(31)32)23(17-4-2-10-27-13-17)18-5-3-11-28-14-18/h1-14,23-24,33H,15H2,(H,29,31,32). The van der Waals surface area contributed by atoms with Gasteiger partial charge < -0.3 is 0 Å². The normalized spacial score (nSPS) is 12.2. The Morgan fingerprint density at radius 2 is 1.48 bits per heavy atom. The predicted octanol–water partition coefficient (Wildman–Crippen LogP) is 4.76. The van der Waals surface area contributed by atoms with Crippen molar-refractivity contribution in [2.24, 2.45) is 0 Å². The molecular weight excluding hydrogens is 479 g/mol. The van der Waals surface area contributed by atoms with Gasteiger partial charge in [-0.2, -0.15) is 0 Å². The van der Waals surface area contributed by atoms with Crippen LogP contribution in [0.15, 0.2) is 85.5 Å². The lowest BCUT2D eigenvalue weighted by Gasteiger charge is -2.28. The lowest BCUT2D eigenvalue weighted by molar-refractivity contribution is 0.600. The van der Waals surface area contributed by atoms with Crippen molar-refractivity contribution in [2.75, 3.05) is 0 Å². The SMILES string of the molecule is O=[SH](=O)NCc1cccc(C(c2ccc(Cl)c(Cl)c2)C(c2cccnc2)c2cccnc2)n1. The average Bonchev–Trinajstić information content (AvgIpc) is 2.84. The maximum atomic E-state index is 11.0. The molecule has 6 nitrogen and oxygen atoms in total. The van der Waals surface area contributed by atoms with Crippen LogP contribution >= 0.6 is 23.2 Å². The van der Waals surface area contributed by atoms with Crippen LogP contribution in [0.5, 0.6) is 0 Å². The van der Waals surface area contributed by atoms with E-state index in [0.29, 0.717) is 15.7 Å². The molecule has 0 saturated heterocycles. The van der Waals surface area contributed by atoms with Crippen LogP contribution in [0.4, 0.5) is 0 Å². The van der Waals surface area contributed by atoms with Gasteiger partial charge in [0, 0.05) is 42.3 Å². The minimum Gasteiger partial charge on any atom is -0.264 e. The number of rotatable bonds is 8. The van der Waals surface area contributed by atoms with Crippen molar-refractivity contribution in [1.82, 2.24) is 19.7 Å². The molecule has 1 N–H and O–H groups in total. The third-order valence-corrected chi connectivity index (χ3v) is 6.41. The topological polar surface area (TPSA) is 84.8 Å². The van der Waals surface area contributed by atoms with Crippen LogP contribution in [0.25, 0.3) is 0 Å². The molecule has 0 bridgehead atoms. The number of nitrogens with zero attached hydrogens (tertiary/aromatic N) is 3. The Morgan fingerprint density at radius 1 is 0.788 bits per heavy atom. The molecule has 33 heavy (non-hydrogen) atoms. The molecule has 0 aliphatic carbocycles. The van der Waals surface area contributed by atoms with Crippen LogP contribution in [-0.4, -0.2) is 23.4 Å². The highest BCUT2D eigenvalue weighted by Crippen LogP contribution is 2.43. The summed E-state index contributed by atoms with van der Waals surface area (Å²) in [5.74, 6) is -0.453. The number of hydrogen-bond donors (Lipinski definition) is 2. The Bertz CT molecular complexity index is 1260.